The van der Waals surface area contributed by atoms with E-state index in [0.29, 0.717) is 50.3 Å². The summed E-state index contributed by atoms with van der Waals surface area (Å²) < 4.78 is 28.9. The first-order chi connectivity index (χ1) is 15.1. The molecule has 1 aromatic rings. The van der Waals surface area contributed by atoms with Gasteiger partial charge in [0.15, 0.2) is 0 Å². The van der Waals surface area contributed by atoms with Gasteiger partial charge in [-0.25, -0.2) is 8.42 Å². The zero-order chi connectivity index (χ0) is 23.2. The molecule has 3 aliphatic rings. The van der Waals surface area contributed by atoms with Crippen LogP contribution in [0.3, 0.4) is 0 Å². The van der Waals surface area contributed by atoms with E-state index in [1.807, 2.05) is 6.92 Å². The van der Waals surface area contributed by atoms with Gasteiger partial charge in [0.05, 0.1) is 17.0 Å². The summed E-state index contributed by atoms with van der Waals surface area (Å²) in [6.07, 6.45) is 1.46. The number of fused-ring (bicyclic) bond motifs is 1. The number of carbonyl (C=O) groups excluding carboxylic acids is 2. The molecule has 0 saturated carbocycles. The third-order valence-electron chi connectivity index (χ3n) is 6.84. The Bertz CT molecular complexity index is 1010. The highest BCUT2D eigenvalue weighted by molar-refractivity contribution is 7.89. The van der Waals surface area contributed by atoms with Crippen LogP contribution in [0.5, 0.6) is 0 Å². The van der Waals surface area contributed by atoms with Gasteiger partial charge in [0.1, 0.15) is 0 Å². The van der Waals surface area contributed by atoms with Gasteiger partial charge in [-0.2, -0.15) is 4.72 Å². The number of nitrogens with zero attached hydrogens (tertiary/aromatic N) is 3. The topological polar surface area (TPSA) is 110 Å². The molecule has 3 fully saturated rings. The molecule has 0 spiro atoms. The van der Waals surface area contributed by atoms with Crippen LogP contribution in [0.2, 0.25) is 0 Å². The monoisotopic (exact) mass is 464 g/mol. The van der Waals surface area contributed by atoms with E-state index in [2.05, 4.69) is 9.62 Å². The summed E-state index contributed by atoms with van der Waals surface area (Å²) >= 11 is 0. The van der Waals surface area contributed by atoms with Gasteiger partial charge in [-0.05, 0) is 51.3 Å². The van der Waals surface area contributed by atoms with Crippen molar-refractivity contribution in [3.05, 3.63) is 23.8 Å². The van der Waals surface area contributed by atoms with Gasteiger partial charge in [-0.15, -0.1) is 0 Å². The molecule has 1 aromatic carbocycles. The first-order valence-corrected chi connectivity index (χ1v) is 12.7. The van der Waals surface area contributed by atoms with Crippen molar-refractivity contribution < 1.29 is 23.1 Å². The fraction of sp³-hybridized carbons (Fsp3) is 0.636. The molecule has 10 heteroatoms. The van der Waals surface area contributed by atoms with E-state index in [-0.39, 0.29) is 34.9 Å². The third-order valence-corrected chi connectivity index (χ3v) is 8.52. The Morgan fingerprint density at radius 3 is 2.69 bits per heavy atom. The summed E-state index contributed by atoms with van der Waals surface area (Å²) in [4.78, 5) is 30.9. The van der Waals surface area contributed by atoms with Gasteiger partial charge in [0, 0.05) is 50.4 Å². The van der Waals surface area contributed by atoms with Gasteiger partial charge in [-0.1, -0.05) is 6.07 Å². The quantitative estimate of drug-likeness (QED) is 0.655. The zero-order valence-electron chi connectivity index (χ0n) is 18.8. The molecule has 4 atom stereocenters. The highest BCUT2D eigenvalue weighted by atomic mass is 32.2. The van der Waals surface area contributed by atoms with Crippen molar-refractivity contribution >= 4 is 27.5 Å². The van der Waals surface area contributed by atoms with Crippen molar-refractivity contribution in [2.45, 2.75) is 69.2 Å². The predicted octanol–water partition coefficient (Wildman–Crippen LogP) is 0.455. The molecule has 0 unspecified atom stereocenters. The van der Waals surface area contributed by atoms with Gasteiger partial charge in [0.25, 0.3) is 0 Å². The van der Waals surface area contributed by atoms with Crippen molar-refractivity contribution in [1.82, 2.24) is 14.5 Å². The molecule has 0 bridgehead atoms. The average Bonchev–Trinajstić information content (AvgIpc) is 3.30. The summed E-state index contributed by atoms with van der Waals surface area (Å²) in [5.41, 5.74) is 1.09. The fourth-order valence-corrected chi connectivity index (χ4v) is 6.67. The largest absolute Gasteiger partial charge is 0.392 e. The Balaban J connectivity index is 1.50. The minimum atomic E-state index is -3.97. The normalized spacial score (nSPS) is 27.6. The molecule has 3 aliphatic heterocycles. The molecule has 4 rings (SSSR count). The van der Waals surface area contributed by atoms with Gasteiger partial charge in [-0.3, -0.25) is 14.5 Å². The molecule has 0 aromatic heterocycles. The number of sulfonamides is 1. The van der Waals surface area contributed by atoms with E-state index < -0.39 is 16.1 Å². The first kappa shape index (κ1) is 23.2. The molecule has 3 saturated heterocycles. The molecule has 2 N–H and O–H groups in total. The van der Waals surface area contributed by atoms with Crippen molar-refractivity contribution in [2.75, 3.05) is 31.1 Å². The van der Waals surface area contributed by atoms with Crippen LogP contribution in [0.1, 0.15) is 38.7 Å². The lowest BCUT2D eigenvalue weighted by Crippen LogP contribution is -2.60. The Labute approximate surface area is 189 Å². The number of hydrogen-bond donors (Lipinski definition) is 2. The van der Waals surface area contributed by atoms with E-state index in [0.717, 1.165) is 6.42 Å². The van der Waals surface area contributed by atoms with Crippen LogP contribution in [0, 0.1) is 6.92 Å². The minimum absolute atomic E-state index is 0.00989. The van der Waals surface area contributed by atoms with Crippen LogP contribution in [0.25, 0.3) is 0 Å². The second-order valence-corrected chi connectivity index (χ2v) is 10.9. The van der Waals surface area contributed by atoms with Crippen LogP contribution >= 0.6 is 0 Å². The van der Waals surface area contributed by atoms with Crippen LogP contribution in [-0.2, 0) is 19.6 Å². The van der Waals surface area contributed by atoms with Crippen molar-refractivity contribution in [1.29, 1.82) is 0 Å². The van der Waals surface area contributed by atoms with Gasteiger partial charge >= 0.3 is 0 Å². The Morgan fingerprint density at radius 2 is 2.00 bits per heavy atom. The summed E-state index contributed by atoms with van der Waals surface area (Å²) in [5.74, 6) is -0.282. The van der Waals surface area contributed by atoms with E-state index in [9.17, 15) is 23.1 Å². The van der Waals surface area contributed by atoms with Gasteiger partial charge < -0.3 is 14.9 Å². The maximum atomic E-state index is 13.2. The highest BCUT2D eigenvalue weighted by Gasteiger charge is 2.41. The molecule has 0 radical (unpaired) electrons. The minimum Gasteiger partial charge on any atom is -0.392 e. The van der Waals surface area contributed by atoms with E-state index >= 15 is 0 Å². The Kier molecular flexibility index (Phi) is 6.32. The van der Waals surface area contributed by atoms with Crippen LogP contribution in [0.15, 0.2) is 23.1 Å². The van der Waals surface area contributed by atoms with E-state index in [1.54, 1.807) is 35.8 Å². The lowest BCUT2D eigenvalue weighted by atomic mass is 10.1. The van der Waals surface area contributed by atoms with Crippen LogP contribution < -0.4 is 9.62 Å². The summed E-state index contributed by atoms with van der Waals surface area (Å²) in [6, 6.07) is 3.98. The SMILES string of the molecule is Cc1c(N2CCCC2=O)cccc1S(=O)(=O)N[C@@H](C)C(=O)N1C[C@@H]2C[C@@H](O)CN2C[C@@H]1C. The van der Waals surface area contributed by atoms with Crippen molar-refractivity contribution in [3.63, 3.8) is 0 Å². The maximum absolute atomic E-state index is 13.2. The van der Waals surface area contributed by atoms with Crippen molar-refractivity contribution in [2.24, 2.45) is 0 Å². The molecule has 32 heavy (non-hydrogen) atoms. The zero-order valence-corrected chi connectivity index (χ0v) is 19.6. The predicted molar refractivity (Wildman–Crippen MR) is 120 cm³/mol. The van der Waals surface area contributed by atoms with Crippen LogP contribution in [-0.4, -0.2) is 85.5 Å². The molecular formula is C22H32N4O5S. The Hall–Kier alpha value is -2.01. The standard InChI is InChI=1S/C22H32N4O5S/c1-14-11-24-13-18(27)10-17(24)12-26(14)22(29)16(3)23-32(30,31)20-7-4-6-19(15(20)2)25-9-5-8-21(25)28/h4,6-7,14,16-18,23,27H,5,8-13H2,1-3H3/t14-,16-,17-,18+/m0/s1. The second-order valence-electron chi connectivity index (χ2n) is 9.23. The van der Waals surface area contributed by atoms with Crippen molar-refractivity contribution in [3.8, 4) is 0 Å². The smallest absolute Gasteiger partial charge is 0.241 e. The lowest BCUT2D eigenvalue weighted by molar-refractivity contribution is -0.138. The molecule has 2 amide bonds. The number of aliphatic hydroxyl groups is 1. The number of carbonyl (C=O) groups is 2. The number of amides is 2. The summed E-state index contributed by atoms with van der Waals surface area (Å²) in [7, 11) is -3.97. The molecular weight excluding hydrogens is 432 g/mol. The molecule has 176 valence electrons. The van der Waals surface area contributed by atoms with Crippen LogP contribution in [0.4, 0.5) is 5.69 Å². The van der Waals surface area contributed by atoms with Gasteiger partial charge in [0.2, 0.25) is 21.8 Å². The fourth-order valence-electron chi connectivity index (χ4n) is 5.21. The third kappa shape index (κ3) is 4.28. The summed E-state index contributed by atoms with van der Waals surface area (Å²) in [5, 5.41) is 9.94. The number of benzene rings is 1. The number of aliphatic hydroxyl groups excluding tert-OH is 1. The molecule has 3 heterocycles. The average molecular weight is 465 g/mol. The number of anilines is 1. The highest BCUT2D eigenvalue weighted by Crippen LogP contribution is 2.30. The van der Waals surface area contributed by atoms with E-state index in [1.165, 1.54) is 6.07 Å². The number of nitrogens with one attached hydrogen (secondary N) is 1. The number of rotatable bonds is 5. The second kappa shape index (κ2) is 8.74. The molecule has 0 aliphatic carbocycles. The Morgan fingerprint density at radius 1 is 1.25 bits per heavy atom. The number of piperazine rings is 1. The van der Waals surface area contributed by atoms with E-state index in [4.69, 9.17) is 0 Å². The summed E-state index contributed by atoms with van der Waals surface area (Å²) in [6.45, 7) is 7.54. The molecule has 9 nitrogen and oxygen atoms in total. The number of hydrogen-bond acceptors (Lipinski definition) is 6. The maximum Gasteiger partial charge on any atom is 0.241 e. The first-order valence-electron chi connectivity index (χ1n) is 11.2. The lowest BCUT2D eigenvalue weighted by Gasteiger charge is -2.43.